The van der Waals surface area contributed by atoms with Gasteiger partial charge in [-0.25, -0.2) is 10.1 Å². The Labute approximate surface area is 159 Å². The van der Waals surface area contributed by atoms with Gasteiger partial charge in [0.15, 0.2) is 5.84 Å². The summed E-state index contributed by atoms with van der Waals surface area (Å²) in [7, 11) is -3.84. The van der Waals surface area contributed by atoms with E-state index >= 15 is 0 Å². The number of alkyl halides is 3. The van der Waals surface area contributed by atoms with Crippen molar-refractivity contribution in [3.63, 3.8) is 0 Å². The number of amidine groups is 2. The largest absolute Gasteiger partial charge is 0.416 e. The molecule has 0 aromatic heterocycles. The zero-order valence-corrected chi connectivity index (χ0v) is 15.4. The van der Waals surface area contributed by atoms with Crippen molar-refractivity contribution in [2.24, 2.45) is 26.6 Å². The number of hydrogen-bond donors (Lipinski definition) is 5. The highest BCUT2D eigenvalue weighted by Crippen LogP contribution is 2.39. The molecule has 0 unspecified atom stereocenters. The molecule has 0 aliphatic heterocycles. The Morgan fingerprint density at radius 1 is 1.25 bits per heavy atom. The van der Waals surface area contributed by atoms with Crippen LogP contribution in [0, 0.1) is 5.41 Å². The van der Waals surface area contributed by atoms with Crippen molar-refractivity contribution in [2.45, 2.75) is 31.0 Å². The smallest absolute Gasteiger partial charge is 0.382 e. The van der Waals surface area contributed by atoms with Crippen molar-refractivity contribution in [3.8, 4) is 0 Å². The summed E-state index contributed by atoms with van der Waals surface area (Å²) in [6, 6.07) is 4.16. The Bertz CT molecular complexity index is 922. The van der Waals surface area contributed by atoms with Gasteiger partial charge in [-0.3, -0.25) is 10.4 Å². The van der Waals surface area contributed by atoms with E-state index in [1.165, 1.54) is 12.1 Å². The molecule has 13 heteroatoms. The first kappa shape index (κ1) is 21.8. The fraction of sp³-hybridized carbons (Fsp3) is 0.400. The van der Waals surface area contributed by atoms with Crippen molar-refractivity contribution in [1.82, 2.24) is 4.72 Å². The molecule has 1 fully saturated rings. The highest BCUT2D eigenvalue weighted by molar-refractivity contribution is 7.87. The van der Waals surface area contributed by atoms with Crippen LogP contribution in [0.15, 0.2) is 34.3 Å². The number of halogens is 3. The van der Waals surface area contributed by atoms with Crippen molar-refractivity contribution in [2.75, 3.05) is 6.54 Å². The van der Waals surface area contributed by atoms with Crippen molar-refractivity contribution < 1.29 is 21.6 Å². The molecular formula is C15H20F3N7O2S. The molecule has 154 valence electrons. The molecule has 0 bridgehead atoms. The minimum atomic E-state index is -4.53. The summed E-state index contributed by atoms with van der Waals surface area (Å²) in [6.45, 7) is 0.105. The van der Waals surface area contributed by atoms with Gasteiger partial charge in [-0.1, -0.05) is 6.07 Å². The van der Waals surface area contributed by atoms with E-state index in [0.29, 0.717) is 19.3 Å². The van der Waals surface area contributed by atoms with E-state index in [-0.39, 0.29) is 18.1 Å². The second-order valence-corrected chi connectivity index (χ2v) is 7.66. The minimum absolute atomic E-state index is 0.0841. The Morgan fingerprint density at radius 3 is 2.43 bits per heavy atom. The van der Waals surface area contributed by atoms with Gasteiger partial charge in [0.25, 0.3) is 10.2 Å². The molecule has 1 aromatic rings. The van der Waals surface area contributed by atoms with Crippen LogP contribution >= 0.6 is 0 Å². The van der Waals surface area contributed by atoms with E-state index in [2.05, 4.69) is 14.7 Å². The Balaban J connectivity index is 2.02. The molecule has 0 saturated heterocycles. The molecule has 0 heterocycles. The topological polar surface area (TPSA) is 173 Å². The third-order valence-corrected chi connectivity index (χ3v) is 4.74. The van der Waals surface area contributed by atoms with Gasteiger partial charge in [-0.15, -0.1) is 0 Å². The van der Waals surface area contributed by atoms with Crippen LogP contribution < -0.4 is 21.3 Å². The van der Waals surface area contributed by atoms with Crippen molar-refractivity contribution >= 4 is 33.3 Å². The van der Waals surface area contributed by atoms with Crippen LogP contribution in [0.3, 0.4) is 0 Å². The molecule has 0 amide bonds. The third kappa shape index (κ3) is 6.28. The van der Waals surface area contributed by atoms with Crippen LogP contribution in [0.4, 0.5) is 18.9 Å². The van der Waals surface area contributed by atoms with Gasteiger partial charge < -0.3 is 11.5 Å². The summed E-state index contributed by atoms with van der Waals surface area (Å²) in [4.78, 5) is 7.72. The fourth-order valence-electron chi connectivity index (χ4n) is 2.40. The lowest BCUT2D eigenvalue weighted by molar-refractivity contribution is -0.137. The van der Waals surface area contributed by atoms with Gasteiger partial charge in [-0.05, 0) is 37.5 Å². The number of benzene rings is 1. The lowest BCUT2D eigenvalue weighted by Crippen LogP contribution is -2.41. The molecule has 0 radical (unpaired) electrons. The molecule has 0 spiro atoms. The van der Waals surface area contributed by atoms with E-state index in [1.54, 1.807) is 0 Å². The van der Waals surface area contributed by atoms with Crippen LogP contribution in [0.25, 0.3) is 0 Å². The maximum Gasteiger partial charge on any atom is 0.416 e. The maximum absolute atomic E-state index is 12.7. The number of rotatable bonds is 8. The molecule has 1 aliphatic rings. The number of nitrogens with two attached hydrogens (primary N) is 3. The van der Waals surface area contributed by atoms with Crippen LogP contribution in [0.5, 0.6) is 0 Å². The number of nitrogens with zero attached hydrogens (tertiary/aromatic N) is 2. The average molecular weight is 419 g/mol. The van der Waals surface area contributed by atoms with Crippen LogP contribution in [-0.4, -0.2) is 37.9 Å². The highest BCUT2D eigenvalue weighted by atomic mass is 32.2. The summed E-state index contributed by atoms with van der Waals surface area (Å²) in [5, 5.41) is 12.8. The van der Waals surface area contributed by atoms with Gasteiger partial charge >= 0.3 is 6.18 Å². The lowest BCUT2D eigenvalue weighted by atomic mass is 10.2. The molecule has 2 rings (SSSR count). The van der Waals surface area contributed by atoms with Gasteiger partial charge in [0.1, 0.15) is 11.5 Å². The Kier molecular flexibility index (Phi) is 6.11. The maximum atomic E-state index is 12.7. The third-order valence-electron chi connectivity index (χ3n) is 4.02. The van der Waals surface area contributed by atoms with Gasteiger partial charge in [0.05, 0.1) is 11.3 Å². The quantitative estimate of drug-likeness (QED) is 0.310. The van der Waals surface area contributed by atoms with E-state index in [1.807, 2.05) is 0 Å². The summed E-state index contributed by atoms with van der Waals surface area (Å²) >= 11 is 0. The molecule has 28 heavy (non-hydrogen) atoms. The Hall–Kier alpha value is -2.51. The predicted octanol–water partition coefficient (Wildman–Crippen LogP) is 0.787. The van der Waals surface area contributed by atoms with E-state index < -0.39 is 39.0 Å². The van der Waals surface area contributed by atoms with Crippen molar-refractivity contribution in [3.05, 3.63) is 29.8 Å². The SMILES string of the molecule is N=C(C(N)=NCCC1(NS(N)(=O)=O)CC1)C(N)=Nc1cccc(C(F)(F)F)c1. The van der Waals surface area contributed by atoms with Crippen LogP contribution in [0.1, 0.15) is 24.8 Å². The molecule has 9 nitrogen and oxygen atoms in total. The van der Waals surface area contributed by atoms with Crippen molar-refractivity contribution in [1.29, 1.82) is 5.41 Å². The first-order chi connectivity index (χ1) is 12.8. The van der Waals surface area contributed by atoms with Gasteiger partial charge in [0.2, 0.25) is 0 Å². The zero-order valence-electron chi connectivity index (χ0n) is 14.6. The first-order valence-corrected chi connectivity index (χ1v) is 9.58. The highest BCUT2D eigenvalue weighted by Gasteiger charge is 2.44. The monoisotopic (exact) mass is 419 g/mol. The van der Waals surface area contributed by atoms with E-state index in [9.17, 15) is 21.6 Å². The van der Waals surface area contributed by atoms with Gasteiger partial charge in [0, 0.05) is 12.1 Å². The van der Waals surface area contributed by atoms with Crippen LogP contribution in [0.2, 0.25) is 0 Å². The molecule has 0 atom stereocenters. The number of nitrogens with one attached hydrogen (secondary N) is 2. The Morgan fingerprint density at radius 2 is 1.89 bits per heavy atom. The average Bonchev–Trinajstić information content (AvgIpc) is 3.30. The molecule has 1 saturated carbocycles. The second-order valence-electron chi connectivity index (χ2n) is 6.36. The minimum Gasteiger partial charge on any atom is -0.382 e. The number of hydrogen-bond acceptors (Lipinski definition) is 5. The normalized spacial score (nSPS) is 17.4. The molecule has 8 N–H and O–H groups in total. The summed E-state index contributed by atoms with van der Waals surface area (Å²) in [6.07, 6.45) is -2.99. The second kappa shape index (κ2) is 7.85. The summed E-state index contributed by atoms with van der Waals surface area (Å²) in [5.41, 5.74) is 9.23. The summed E-state index contributed by atoms with van der Waals surface area (Å²) in [5.74, 6) is -0.663. The van der Waals surface area contributed by atoms with E-state index in [0.717, 1.165) is 12.1 Å². The van der Waals surface area contributed by atoms with E-state index in [4.69, 9.17) is 22.0 Å². The lowest BCUT2D eigenvalue weighted by Gasteiger charge is -2.14. The van der Waals surface area contributed by atoms with Gasteiger partial charge in [-0.2, -0.15) is 26.3 Å². The standard InChI is InChI=1S/C15H20F3N7O2S/c16-15(17,18)9-2-1-3-10(8-9)24-13(21)11(19)12(20)23-7-6-14(4-5-14)25-28(22,26)27/h1-3,8,19,25H,4-7H2,(H2,20,23)(H2,21,24)(H2,22,26,27). The number of aliphatic imine (C=N–C) groups is 2. The molecule has 1 aromatic carbocycles. The van der Waals surface area contributed by atoms with Crippen LogP contribution in [-0.2, 0) is 16.4 Å². The molecule has 1 aliphatic carbocycles. The predicted molar refractivity (Wildman–Crippen MR) is 99.8 cm³/mol. The zero-order chi connectivity index (χ0) is 21.2. The first-order valence-electron chi connectivity index (χ1n) is 8.04. The summed E-state index contributed by atoms with van der Waals surface area (Å²) < 4.78 is 62.7. The molecular weight excluding hydrogens is 399 g/mol. The fourth-order valence-corrected chi connectivity index (χ4v) is 3.31.